The molecule has 1 N–H and O–H groups in total. The number of carbonyl (C=O) groups is 1. The molecule has 1 amide bonds. The van der Waals surface area contributed by atoms with Crippen LogP contribution >= 0.6 is 0 Å². The second-order valence-electron chi connectivity index (χ2n) is 13.6. The average Bonchev–Trinajstić information content (AvgIpc) is 3.30. The van der Waals surface area contributed by atoms with Gasteiger partial charge in [-0.05, 0) is 93.0 Å². The first-order valence-electron chi connectivity index (χ1n) is 19.3. The summed E-state index contributed by atoms with van der Waals surface area (Å²) in [5, 5.41) is -0.116. The van der Waals surface area contributed by atoms with Crippen LogP contribution in [0.3, 0.4) is 0 Å². The maximum Gasteiger partial charge on any atom is 0.263 e. The van der Waals surface area contributed by atoms with Crippen molar-refractivity contribution in [2.24, 2.45) is 17.8 Å². The van der Waals surface area contributed by atoms with Gasteiger partial charge in [0.2, 0.25) is 0 Å². The Morgan fingerprint density at radius 1 is 0.980 bits per heavy atom. The predicted molar refractivity (Wildman–Crippen MR) is 205 cm³/mol. The van der Waals surface area contributed by atoms with Gasteiger partial charge in [-0.15, -0.1) is 0 Å². The highest BCUT2D eigenvalue weighted by Crippen LogP contribution is 2.43. The molecular weight excluding hydrogens is 633 g/mol. The Labute approximate surface area is 300 Å². The molecular formula is C41H66N2O5S. The summed E-state index contributed by atoms with van der Waals surface area (Å²) in [4.78, 5) is 15.9. The van der Waals surface area contributed by atoms with Crippen LogP contribution in [-0.2, 0) is 26.9 Å². The first kappa shape index (κ1) is 41.0. The third-order valence-corrected chi connectivity index (χ3v) is 11.7. The van der Waals surface area contributed by atoms with Crippen LogP contribution in [0.15, 0.2) is 36.4 Å². The lowest BCUT2D eigenvalue weighted by Gasteiger charge is -2.42. The van der Waals surface area contributed by atoms with Crippen molar-refractivity contribution in [2.45, 2.75) is 131 Å². The molecule has 0 spiro atoms. The molecule has 1 saturated carbocycles. The van der Waals surface area contributed by atoms with E-state index in [4.69, 9.17) is 14.2 Å². The first-order chi connectivity index (χ1) is 23.8. The monoisotopic (exact) mass is 698 g/mol. The largest absolute Gasteiger partial charge is 0.491 e. The fourth-order valence-corrected chi connectivity index (χ4v) is 8.20. The summed E-state index contributed by atoms with van der Waals surface area (Å²) in [5.41, 5.74) is 5.51. The van der Waals surface area contributed by atoms with E-state index in [1.165, 1.54) is 29.5 Å². The number of ether oxygens (including phenoxy) is 3. The summed E-state index contributed by atoms with van der Waals surface area (Å²) in [6.45, 7) is 22.4. The van der Waals surface area contributed by atoms with E-state index in [9.17, 15) is 9.00 Å². The highest BCUT2D eigenvalue weighted by molar-refractivity contribution is 7.84. The van der Waals surface area contributed by atoms with E-state index >= 15 is 0 Å². The van der Waals surface area contributed by atoms with E-state index in [2.05, 4.69) is 55.5 Å². The minimum Gasteiger partial charge on any atom is -0.491 e. The third kappa shape index (κ3) is 11.3. The summed E-state index contributed by atoms with van der Waals surface area (Å²) in [7, 11) is -1.46. The molecule has 276 valence electrons. The highest BCUT2D eigenvalue weighted by Gasteiger charge is 2.37. The Morgan fingerprint density at radius 2 is 1.69 bits per heavy atom. The van der Waals surface area contributed by atoms with Gasteiger partial charge in [0, 0.05) is 31.0 Å². The lowest BCUT2D eigenvalue weighted by molar-refractivity contribution is -0.192. The zero-order chi connectivity index (χ0) is 35.9. The molecule has 3 aliphatic rings. The number of carbonyl (C=O) groups excluding carboxylic acids is 1. The van der Waals surface area contributed by atoms with Crippen molar-refractivity contribution in [2.75, 3.05) is 37.8 Å². The van der Waals surface area contributed by atoms with Crippen molar-refractivity contribution in [3.63, 3.8) is 0 Å². The second-order valence-corrected chi connectivity index (χ2v) is 15.1. The predicted octanol–water partition coefficient (Wildman–Crippen LogP) is 9.38. The molecule has 2 aromatic rings. The van der Waals surface area contributed by atoms with Crippen LogP contribution in [-0.4, -0.2) is 54.6 Å². The Balaban J connectivity index is 0.00000157. The van der Waals surface area contributed by atoms with E-state index in [0.717, 1.165) is 76.3 Å². The van der Waals surface area contributed by atoms with Crippen LogP contribution < -0.4 is 14.4 Å². The van der Waals surface area contributed by atoms with E-state index in [0.29, 0.717) is 24.0 Å². The molecule has 6 atom stereocenters. The van der Waals surface area contributed by atoms with Gasteiger partial charge in [-0.2, -0.15) is 0 Å². The van der Waals surface area contributed by atoms with Gasteiger partial charge >= 0.3 is 0 Å². The van der Waals surface area contributed by atoms with Crippen molar-refractivity contribution < 1.29 is 23.2 Å². The Hall–Kier alpha value is -2.42. The number of rotatable bonds is 13. The van der Waals surface area contributed by atoms with Gasteiger partial charge in [0.25, 0.3) is 5.91 Å². The standard InChI is InChI=1S/C37H54N2O5S.2C2H6/c1-6-9-26(4)27(5)45(41)38-37(40)30-14-16-35-34(20-30)39(22-31-13-12-28(31)21-36-42-17-8-18-43-36)23-32(24-44-35)33-15-11-25(3)19-29(33)10-7-2;2*1-2/h11,14-16,19-20,26-28,31-32,36H,6-10,12-13,17-18,21-24H2,1-5H3,(H,38,40);2*1-2H3. The molecule has 0 radical (unpaired) electrons. The Bertz CT molecular complexity index is 1310. The van der Waals surface area contributed by atoms with Gasteiger partial charge in [0.05, 0.1) is 30.8 Å². The fraction of sp³-hybridized carbons (Fsp3) is 0.683. The molecule has 1 saturated heterocycles. The lowest BCUT2D eigenvalue weighted by atomic mass is 9.71. The van der Waals surface area contributed by atoms with E-state index in [-0.39, 0.29) is 29.3 Å². The van der Waals surface area contributed by atoms with Crippen LogP contribution in [0.25, 0.3) is 0 Å². The summed E-state index contributed by atoms with van der Waals surface area (Å²) in [6, 6.07) is 12.5. The van der Waals surface area contributed by atoms with Crippen LogP contribution in [0.2, 0.25) is 0 Å². The van der Waals surface area contributed by atoms with Crippen molar-refractivity contribution in [1.29, 1.82) is 0 Å². The summed E-state index contributed by atoms with van der Waals surface area (Å²) in [5.74, 6) is 2.04. The van der Waals surface area contributed by atoms with Crippen molar-refractivity contribution in [3.05, 3.63) is 58.7 Å². The summed E-state index contributed by atoms with van der Waals surface area (Å²) >= 11 is 0. The molecule has 7 nitrogen and oxygen atoms in total. The van der Waals surface area contributed by atoms with E-state index < -0.39 is 11.0 Å². The number of fused-ring (bicyclic) bond motifs is 1. The normalized spacial score (nSPS) is 22.3. The molecule has 0 bridgehead atoms. The van der Waals surface area contributed by atoms with Crippen LogP contribution in [0.4, 0.5) is 5.69 Å². The van der Waals surface area contributed by atoms with Gasteiger partial charge < -0.3 is 19.1 Å². The zero-order valence-corrected chi connectivity index (χ0v) is 32.8. The molecule has 5 rings (SSSR count). The summed E-state index contributed by atoms with van der Waals surface area (Å²) in [6.07, 6.45) is 8.33. The summed E-state index contributed by atoms with van der Waals surface area (Å²) < 4.78 is 34.2. The number of nitrogens with zero attached hydrogens (tertiary/aromatic N) is 1. The van der Waals surface area contributed by atoms with Gasteiger partial charge in [-0.3, -0.25) is 9.52 Å². The molecule has 8 heteroatoms. The van der Waals surface area contributed by atoms with Gasteiger partial charge in [0.15, 0.2) is 6.29 Å². The van der Waals surface area contributed by atoms with Crippen LogP contribution in [0, 0.1) is 24.7 Å². The Kier molecular flexibility index (Phi) is 17.6. The van der Waals surface area contributed by atoms with Crippen molar-refractivity contribution in [3.8, 4) is 5.75 Å². The van der Waals surface area contributed by atoms with Crippen LogP contribution in [0.5, 0.6) is 5.75 Å². The number of benzene rings is 2. The minimum absolute atomic E-state index is 0.0955. The third-order valence-electron chi connectivity index (χ3n) is 10.2. The van der Waals surface area contributed by atoms with E-state index in [1.54, 1.807) is 0 Å². The smallest absolute Gasteiger partial charge is 0.263 e. The molecule has 2 fully saturated rings. The number of nitrogens with one attached hydrogen (secondary N) is 1. The second kappa shape index (κ2) is 21.1. The lowest BCUT2D eigenvalue weighted by Crippen LogP contribution is -2.42. The molecule has 2 aliphatic heterocycles. The van der Waals surface area contributed by atoms with Gasteiger partial charge in [-0.25, -0.2) is 4.21 Å². The maximum absolute atomic E-state index is 13.4. The molecule has 0 aromatic heterocycles. The number of amides is 1. The maximum atomic E-state index is 13.4. The SMILES string of the molecule is CC.CC.CCCc1cc(C)ccc1C1COc2ccc(C(=O)NS(=O)C(C)C(C)CCC)cc2N(CC2CCC2CC2OCCCO2)C1. The Morgan fingerprint density at radius 3 is 2.35 bits per heavy atom. The minimum atomic E-state index is -1.46. The first-order valence-corrected chi connectivity index (χ1v) is 20.5. The number of aryl methyl sites for hydroxylation is 2. The average molecular weight is 699 g/mol. The number of hydrogen-bond acceptors (Lipinski definition) is 6. The van der Waals surface area contributed by atoms with Gasteiger partial charge in [-0.1, -0.05) is 85.1 Å². The molecule has 6 unspecified atom stereocenters. The highest BCUT2D eigenvalue weighted by atomic mass is 32.2. The number of anilines is 1. The topological polar surface area (TPSA) is 77.1 Å². The van der Waals surface area contributed by atoms with Gasteiger partial charge in [0.1, 0.15) is 16.7 Å². The zero-order valence-electron chi connectivity index (χ0n) is 32.0. The quantitative estimate of drug-likeness (QED) is 0.225. The number of hydrogen-bond donors (Lipinski definition) is 1. The molecule has 2 aromatic carbocycles. The molecule has 49 heavy (non-hydrogen) atoms. The van der Waals surface area contributed by atoms with Crippen molar-refractivity contribution >= 4 is 22.6 Å². The molecule has 1 aliphatic carbocycles. The van der Waals surface area contributed by atoms with Crippen LogP contribution in [0.1, 0.15) is 133 Å². The fourth-order valence-electron chi connectivity index (χ4n) is 7.15. The van der Waals surface area contributed by atoms with E-state index in [1.807, 2.05) is 52.8 Å². The molecule has 2 heterocycles. The van der Waals surface area contributed by atoms with Crippen molar-refractivity contribution in [1.82, 2.24) is 4.72 Å².